The molecule has 38 heavy (non-hydrogen) atoms. The lowest BCUT2D eigenvalue weighted by Crippen LogP contribution is -2.22. The van der Waals surface area contributed by atoms with Crippen LogP contribution in [0, 0.1) is 11.3 Å². The monoisotopic (exact) mass is 541 g/mol. The number of rotatable bonds is 8. The Morgan fingerprint density at radius 1 is 1.00 bits per heavy atom. The summed E-state index contributed by atoms with van der Waals surface area (Å²) in [4.78, 5) is 29.3. The van der Waals surface area contributed by atoms with E-state index in [1.165, 1.54) is 18.7 Å². The number of ketones is 1. The molecule has 0 unspecified atom stereocenters. The molecule has 0 aliphatic carbocycles. The van der Waals surface area contributed by atoms with E-state index in [0.29, 0.717) is 38.1 Å². The molecule has 1 heterocycles. The van der Waals surface area contributed by atoms with Crippen LogP contribution in [-0.4, -0.2) is 29.0 Å². The van der Waals surface area contributed by atoms with Crippen LogP contribution in [0.25, 0.3) is 22.4 Å². The van der Waals surface area contributed by atoms with Crippen molar-refractivity contribution < 1.29 is 14.3 Å². The van der Waals surface area contributed by atoms with Gasteiger partial charge in [0, 0.05) is 27.4 Å². The number of carbonyl (C=O) groups is 2. The van der Waals surface area contributed by atoms with E-state index >= 15 is 0 Å². The lowest BCUT2D eigenvalue weighted by molar-refractivity contribution is -0.115. The predicted molar refractivity (Wildman–Crippen MR) is 152 cm³/mol. The Labute approximate surface area is 230 Å². The average Bonchev–Trinajstić information content (AvgIpc) is 2.93. The fraction of sp³-hybridized carbons (Fsp3) is 0.133. The van der Waals surface area contributed by atoms with E-state index in [4.69, 9.17) is 21.3 Å². The Hall–Kier alpha value is -4.12. The van der Waals surface area contributed by atoms with Crippen molar-refractivity contribution in [1.82, 2.24) is 4.98 Å². The van der Waals surface area contributed by atoms with Crippen molar-refractivity contribution in [1.29, 1.82) is 5.26 Å². The average molecular weight is 542 g/mol. The van der Waals surface area contributed by atoms with Gasteiger partial charge in [-0.1, -0.05) is 35.5 Å². The van der Waals surface area contributed by atoms with Crippen LogP contribution in [0.2, 0.25) is 5.02 Å². The van der Waals surface area contributed by atoms with Crippen LogP contribution in [0.4, 0.5) is 5.69 Å². The zero-order chi connectivity index (χ0) is 27.2. The number of thioether (sulfide) groups is 1. The summed E-state index contributed by atoms with van der Waals surface area (Å²) < 4.78 is 5.27. The van der Waals surface area contributed by atoms with Gasteiger partial charge in [-0.25, -0.2) is 4.98 Å². The van der Waals surface area contributed by atoms with Crippen LogP contribution >= 0.6 is 23.4 Å². The Balaban J connectivity index is 1.69. The Morgan fingerprint density at radius 2 is 1.63 bits per heavy atom. The standard InChI is InChI=1S/C30H24ClN3O3S/c1-18(35)20-6-12-24(13-7-20)33-29(36)19(2)38-30-27(17-32)26(21-4-10-23(31)11-5-21)16-28(34-30)22-8-14-25(37-3)15-9-22/h4-16,19H,1-3H3,(H,33,36)/t19-/m0/s1. The second-order valence-electron chi connectivity index (χ2n) is 8.47. The van der Waals surface area contributed by atoms with Gasteiger partial charge in [0.2, 0.25) is 5.91 Å². The summed E-state index contributed by atoms with van der Waals surface area (Å²) in [5.41, 5.74) is 4.53. The molecular weight excluding hydrogens is 518 g/mol. The zero-order valence-electron chi connectivity index (χ0n) is 21.0. The molecule has 1 atom stereocenters. The molecule has 6 nitrogen and oxygen atoms in total. The molecule has 0 aliphatic heterocycles. The lowest BCUT2D eigenvalue weighted by Gasteiger charge is -2.16. The van der Waals surface area contributed by atoms with Crippen molar-refractivity contribution in [3.05, 3.63) is 95.0 Å². The summed E-state index contributed by atoms with van der Waals surface area (Å²) in [5, 5.41) is 13.5. The third-order valence-electron chi connectivity index (χ3n) is 5.86. The fourth-order valence-electron chi connectivity index (χ4n) is 3.73. The van der Waals surface area contributed by atoms with E-state index < -0.39 is 5.25 Å². The molecule has 0 radical (unpaired) electrons. The molecule has 4 aromatic rings. The fourth-order valence-corrected chi connectivity index (χ4v) is 4.79. The number of hydrogen-bond acceptors (Lipinski definition) is 6. The first-order valence-corrected chi connectivity index (χ1v) is 13.0. The van der Waals surface area contributed by atoms with Gasteiger partial charge in [-0.15, -0.1) is 0 Å². The minimum Gasteiger partial charge on any atom is -0.497 e. The molecule has 1 N–H and O–H groups in total. The van der Waals surface area contributed by atoms with Gasteiger partial charge in [-0.2, -0.15) is 5.26 Å². The number of benzene rings is 3. The first kappa shape index (κ1) is 26.9. The van der Waals surface area contributed by atoms with Gasteiger partial charge in [0.05, 0.1) is 23.6 Å². The number of Topliss-reactive ketones (excluding diaryl/α,β-unsaturated/α-hetero) is 1. The molecule has 4 rings (SSSR count). The zero-order valence-corrected chi connectivity index (χ0v) is 22.6. The van der Waals surface area contributed by atoms with Gasteiger partial charge in [-0.3, -0.25) is 9.59 Å². The van der Waals surface area contributed by atoms with Crippen LogP contribution in [-0.2, 0) is 4.79 Å². The SMILES string of the molecule is COc1ccc(-c2cc(-c3ccc(Cl)cc3)c(C#N)c(S[C@@H](C)C(=O)Nc3ccc(C(C)=O)cc3)n2)cc1. The number of halogens is 1. The number of anilines is 1. The second-order valence-corrected chi connectivity index (χ2v) is 10.2. The summed E-state index contributed by atoms with van der Waals surface area (Å²) in [5.74, 6) is 0.422. The van der Waals surface area contributed by atoms with Gasteiger partial charge in [0.25, 0.3) is 0 Å². The van der Waals surface area contributed by atoms with Gasteiger partial charge < -0.3 is 10.1 Å². The van der Waals surface area contributed by atoms with Gasteiger partial charge in [-0.05, 0) is 86.1 Å². The van der Waals surface area contributed by atoms with E-state index in [0.717, 1.165) is 16.9 Å². The van der Waals surface area contributed by atoms with E-state index in [1.807, 2.05) is 42.5 Å². The van der Waals surface area contributed by atoms with Crippen molar-refractivity contribution in [2.24, 2.45) is 0 Å². The largest absolute Gasteiger partial charge is 0.497 e. The third-order valence-corrected chi connectivity index (χ3v) is 7.19. The highest BCUT2D eigenvalue weighted by molar-refractivity contribution is 8.00. The number of ether oxygens (including phenoxy) is 1. The summed E-state index contributed by atoms with van der Waals surface area (Å²) in [6.07, 6.45) is 0. The molecule has 0 fully saturated rings. The smallest absolute Gasteiger partial charge is 0.237 e. The lowest BCUT2D eigenvalue weighted by atomic mass is 9.99. The molecule has 1 amide bonds. The van der Waals surface area contributed by atoms with Crippen LogP contribution in [0.5, 0.6) is 5.75 Å². The maximum Gasteiger partial charge on any atom is 0.237 e. The number of hydrogen-bond donors (Lipinski definition) is 1. The van der Waals surface area contributed by atoms with E-state index in [-0.39, 0.29) is 11.7 Å². The molecule has 0 bridgehead atoms. The van der Waals surface area contributed by atoms with Gasteiger partial charge >= 0.3 is 0 Å². The highest BCUT2D eigenvalue weighted by Crippen LogP contribution is 2.36. The maximum absolute atomic E-state index is 13.0. The molecule has 0 spiro atoms. The summed E-state index contributed by atoms with van der Waals surface area (Å²) in [6.45, 7) is 3.25. The van der Waals surface area contributed by atoms with E-state index in [1.54, 1.807) is 50.4 Å². The molecule has 0 aliphatic rings. The van der Waals surface area contributed by atoms with Crippen LogP contribution in [0.15, 0.2) is 83.9 Å². The minimum absolute atomic E-state index is 0.0462. The van der Waals surface area contributed by atoms with Crippen LogP contribution in [0.1, 0.15) is 29.8 Å². The number of methoxy groups -OCH3 is 1. The number of nitrogens with one attached hydrogen (secondary N) is 1. The second kappa shape index (κ2) is 12.0. The third kappa shape index (κ3) is 6.23. The van der Waals surface area contributed by atoms with Crippen molar-refractivity contribution in [2.45, 2.75) is 24.1 Å². The van der Waals surface area contributed by atoms with Crippen LogP contribution in [0.3, 0.4) is 0 Å². The Morgan fingerprint density at radius 3 is 2.21 bits per heavy atom. The summed E-state index contributed by atoms with van der Waals surface area (Å²) >= 11 is 7.31. The first-order chi connectivity index (χ1) is 18.3. The molecule has 0 saturated heterocycles. The summed E-state index contributed by atoms with van der Waals surface area (Å²) in [6, 6.07) is 25.6. The first-order valence-electron chi connectivity index (χ1n) is 11.7. The van der Waals surface area contributed by atoms with Gasteiger partial charge in [0.15, 0.2) is 5.78 Å². The van der Waals surface area contributed by atoms with Crippen molar-refractivity contribution in [2.75, 3.05) is 12.4 Å². The minimum atomic E-state index is -0.564. The number of nitriles is 1. The quantitative estimate of drug-likeness (QED) is 0.186. The number of pyridine rings is 1. The Bertz CT molecular complexity index is 1510. The van der Waals surface area contributed by atoms with Crippen molar-refractivity contribution in [3.8, 4) is 34.2 Å². The predicted octanol–water partition coefficient (Wildman–Crippen LogP) is 7.27. The van der Waals surface area contributed by atoms with Gasteiger partial charge in [0.1, 0.15) is 16.8 Å². The molecule has 190 valence electrons. The number of aromatic nitrogens is 1. The number of nitrogens with zero attached hydrogens (tertiary/aromatic N) is 2. The topological polar surface area (TPSA) is 92.1 Å². The molecule has 8 heteroatoms. The van der Waals surface area contributed by atoms with Crippen molar-refractivity contribution in [3.63, 3.8) is 0 Å². The Kier molecular flexibility index (Phi) is 8.47. The van der Waals surface area contributed by atoms with Crippen molar-refractivity contribution >= 4 is 40.7 Å². The highest BCUT2D eigenvalue weighted by Gasteiger charge is 2.22. The number of amides is 1. The molecular formula is C30H24ClN3O3S. The molecule has 3 aromatic carbocycles. The normalized spacial score (nSPS) is 11.3. The highest BCUT2D eigenvalue weighted by atomic mass is 35.5. The number of carbonyl (C=O) groups excluding carboxylic acids is 2. The molecule has 0 saturated carbocycles. The maximum atomic E-state index is 13.0. The summed E-state index contributed by atoms with van der Waals surface area (Å²) in [7, 11) is 1.60. The van der Waals surface area contributed by atoms with Crippen LogP contribution < -0.4 is 10.1 Å². The van der Waals surface area contributed by atoms with E-state index in [9.17, 15) is 14.9 Å². The van der Waals surface area contributed by atoms with E-state index in [2.05, 4.69) is 11.4 Å². The molecule has 1 aromatic heterocycles.